The van der Waals surface area contributed by atoms with Crippen LogP contribution in [0.15, 0.2) is 40.5 Å². The van der Waals surface area contributed by atoms with Gasteiger partial charge >= 0.3 is 6.18 Å². The summed E-state index contributed by atoms with van der Waals surface area (Å²) in [6.45, 7) is 3.76. The molecule has 1 aromatic carbocycles. The number of nitrogens with zero attached hydrogens (tertiary/aromatic N) is 3. The van der Waals surface area contributed by atoms with Crippen molar-refractivity contribution in [3.05, 3.63) is 62.5 Å². The van der Waals surface area contributed by atoms with E-state index in [0.717, 1.165) is 27.2 Å². The summed E-state index contributed by atoms with van der Waals surface area (Å²) in [5.41, 5.74) is 0.286. The van der Waals surface area contributed by atoms with Crippen molar-refractivity contribution < 1.29 is 13.2 Å². The normalized spacial score (nSPS) is 12.4. The molecule has 0 spiro atoms. The Morgan fingerprint density at radius 1 is 1.21 bits per heavy atom. The first-order valence-corrected chi connectivity index (χ1v) is 7.78. The fraction of sp³-hybridized carbons (Fsp3) is 0.188. The maximum Gasteiger partial charge on any atom is 0.416 e. The lowest BCUT2D eigenvalue weighted by molar-refractivity contribution is -0.137. The van der Waals surface area contributed by atoms with Gasteiger partial charge in [-0.25, -0.2) is 4.98 Å². The molecule has 0 atom stereocenters. The van der Waals surface area contributed by atoms with Crippen LogP contribution in [0, 0.1) is 13.8 Å². The van der Waals surface area contributed by atoms with Crippen LogP contribution in [0.3, 0.4) is 0 Å². The van der Waals surface area contributed by atoms with E-state index < -0.39 is 11.7 Å². The van der Waals surface area contributed by atoms with E-state index in [1.807, 2.05) is 13.8 Å². The zero-order chi connectivity index (χ0) is 17.5. The predicted molar refractivity (Wildman–Crippen MR) is 87.8 cm³/mol. The molecule has 0 aliphatic rings. The van der Waals surface area contributed by atoms with Crippen molar-refractivity contribution >= 4 is 27.8 Å². The Morgan fingerprint density at radius 2 is 1.88 bits per heavy atom. The van der Waals surface area contributed by atoms with Crippen molar-refractivity contribution in [2.45, 2.75) is 20.0 Å². The van der Waals surface area contributed by atoms with Crippen LogP contribution < -0.4 is 5.56 Å². The summed E-state index contributed by atoms with van der Waals surface area (Å²) in [7, 11) is 0. The molecule has 0 aliphatic heterocycles. The quantitative estimate of drug-likeness (QED) is 0.656. The molecule has 0 fully saturated rings. The Morgan fingerprint density at radius 3 is 2.50 bits per heavy atom. The largest absolute Gasteiger partial charge is 0.416 e. The standard InChI is InChI=1S/C16H12F3N3OS/c1-9-10(2)24-14-13(9)15(23)22(8-20-14)21-7-11-3-5-12(6-4-11)16(17,18)19/h3-8H,1-2H3. The molecule has 0 radical (unpaired) electrons. The molecule has 3 rings (SSSR count). The molecule has 0 unspecified atom stereocenters. The topological polar surface area (TPSA) is 47.2 Å². The first-order valence-electron chi connectivity index (χ1n) is 6.96. The SMILES string of the molecule is Cc1sc2ncn(N=Cc3ccc(C(F)(F)F)cc3)c(=O)c2c1C. The molecule has 0 bridgehead atoms. The Kier molecular flexibility index (Phi) is 4.00. The van der Waals surface area contributed by atoms with Gasteiger partial charge in [0, 0.05) is 4.88 Å². The third-order valence-electron chi connectivity index (χ3n) is 3.64. The molecule has 0 N–H and O–H groups in total. The lowest BCUT2D eigenvalue weighted by Gasteiger charge is -2.05. The number of benzene rings is 1. The maximum absolute atomic E-state index is 12.5. The molecule has 0 saturated heterocycles. The first kappa shape index (κ1) is 16.4. The Labute approximate surface area is 138 Å². The number of halogens is 3. The minimum atomic E-state index is -4.38. The molecule has 4 nitrogen and oxygen atoms in total. The zero-order valence-electron chi connectivity index (χ0n) is 12.8. The number of hydrogen-bond acceptors (Lipinski definition) is 4. The van der Waals surface area contributed by atoms with Gasteiger partial charge < -0.3 is 0 Å². The van der Waals surface area contributed by atoms with Crippen LogP contribution in [-0.4, -0.2) is 15.9 Å². The Bertz CT molecular complexity index is 985. The second-order valence-electron chi connectivity index (χ2n) is 5.22. The van der Waals surface area contributed by atoms with Crippen LogP contribution in [0.4, 0.5) is 13.2 Å². The summed E-state index contributed by atoms with van der Waals surface area (Å²) in [5, 5.41) is 4.53. The first-order chi connectivity index (χ1) is 11.3. The molecule has 2 heterocycles. The highest BCUT2D eigenvalue weighted by molar-refractivity contribution is 7.18. The number of aryl methyl sites for hydroxylation is 2. The van der Waals surface area contributed by atoms with E-state index in [9.17, 15) is 18.0 Å². The van der Waals surface area contributed by atoms with Gasteiger partial charge in [-0.3, -0.25) is 4.79 Å². The highest BCUT2D eigenvalue weighted by Crippen LogP contribution is 2.29. The van der Waals surface area contributed by atoms with Gasteiger partial charge in [0.25, 0.3) is 5.56 Å². The molecule has 0 saturated carbocycles. The summed E-state index contributed by atoms with van der Waals surface area (Å²) in [6, 6.07) is 4.53. The maximum atomic E-state index is 12.5. The van der Waals surface area contributed by atoms with Crippen LogP contribution in [-0.2, 0) is 6.18 Å². The Hall–Kier alpha value is -2.48. The van der Waals surface area contributed by atoms with E-state index >= 15 is 0 Å². The summed E-state index contributed by atoms with van der Waals surface area (Å²) >= 11 is 1.44. The van der Waals surface area contributed by atoms with Crippen LogP contribution in [0.2, 0.25) is 0 Å². The summed E-state index contributed by atoms with van der Waals surface area (Å²) in [4.78, 5) is 18.3. The zero-order valence-corrected chi connectivity index (χ0v) is 13.6. The van der Waals surface area contributed by atoms with Crippen molar-refractivity contribution in [3.8, 4) is 0 Å². The second kappa shape index (κ2) is 5.86. The van der Waals surface area contributed by atoms with Gasteiger partial charge in [0.15, 0.2) is 0 Å². The molecule has 3 aromatic rings. The van der Waals surface area contributed by atoms with Gasteiger partial charge in [-0.1, -0.05) is 12.1 Å². The number of fused-ring (bicyclic) bond motifs is 1. The fourth-order valence-electron chi connectivity index (χ4n) is 2.20. The van der Waals surface area contributed by atoms with Crippen molar-refractivity contribution in [2.75, 3.05) is 0 Å². The van der Waals surface area contributed by atoms with E-state index in [1.165, 1.54) is 36.0 Å². The molecule has 2 aromatic heterocycles. The summed E-state index contributed by atoms with van der Waals surface area (Å²) in [6.07, 6.45) is -1.75. The van der Waals surface area contributed by atoms with Crippen LogP contribution in [0.5, 0.6) is 0 Å². The number of thiophene rings is 1. The van der Waals surface area contributed by atoms with Gasteiger partial charge in [0.05, 0.1) is 17.2 Å². The Balaban J connectivity index is 1.95. The summed E-state index contributed by atoms with van der Waals surface area (Å²) < 4.78 is 38.7. The average molecular weight is 351 g/mol. The van der Waals surface area contributed by atoms with E-state index in [1.54, 1.807) is 0 Å². The van der Waals surface area contributed by atoms with E-state index in [4.69, 9.17) is 0 Å². The van der Waals surface area contributed by atoms with Crippen LogP contribution >= 0.6 is 11.3 Å². The predicted octanol–water partition coefficient (Wildman–Crippen LogP) is 3.98. The van der Waals surface area contributed by atoms with Crippen molar-refractivity contribution in [3.63, 3.8) is 0 Å². The van der Waals surface area contributed by atoms with Crippen molar-refractivity contribution in [2.24, 2.45) is 5.10 Å². The minimum Gasteiger partial charge on any atom is -0.267 e. The van der Waals surface area contributed by atoms with Gasteiger partial charge in [0.2, 0.25) is 0 Å². The molecule has 0 amide bonds. The molecule has 0 aliphatic carbocycles. The smallest absolute Gasteiger partial charge is 0.267 e. The highest BCUT2D eigenvalue weighted by Gasteiger charge is 2.29. The van der Waals surface area contributed by atoms with Gasteiger partial charge in [-0.2, -0.15) is 22.9 Å². The fourth-order valence-corrected chi connectivity index (χ4v) is 3.18. The third kappa shape index (κ3) is 2.96. The molecular formula is C16H12F3N3OS. The monoisotopic (exact) mass is 351 g/mol. The molecule has 8 heteroatoms. The minimum absolute atomic E-state index is 0.301. The van der Waals surface area contributed by atoms with E-state index in [-0.39, 0.29) is 5.56 Å². The van der Waals surface area contributed by atoms with Crippen molar-refractivity contribution in [1.82, 2.24) is 9.66 Å². The lowest BCUT2D eigenvalue weighted by Crippen LogP contribution is -2.17. The number of aromatic nitrogens is 2. The van der Waals surface area contributed by atoms with Gasteiger partial charge in [-0.05, 0) is 37.1 Å². The molecule has 24 heavy (non-hydrogen) atoms. The molecule has 124 valence electrons. The van der Waals surface area contributed by atoms with Gasteiger partial charge in [-0.15, -0.1) is 11.3 Å². The number of rotatable bonds is 2. The number of alkyl halides is 3. The molecular weight excluding hydrogens is 339 g/mol. The third-order valence-corrected chi connectivity index (χ3v) is 4.76. The van der Waals surface area contributed by atoms with E-state index in [0.29, 0.717) is 15.8 Å². The van der Waals surface area contributed by atoms with Crippen molar-refractivity contribution in [1.29, 1.82) is 0 Å². The van der Waals surface area contributed by atoms with Crippen LogP contribution in [0.25, 0.3) is 10.2 Å². The lowest BCUT2D eigenvalue weighted by atomic mass is 10.1. The van der Waals surface area contributed by atoms with Crippen LogP contribution in [0.1, 0.15) is 21.6 Å². The van der Waals surface area contributed by atoms with E-state index in [2.05, 4.69) is 10.1 Å². The second-order valence-corrected chi connectivity index (χ2v) is 6.43. The number of hydrogen-bond donors (Lipinski definition) is 0. The average Bonchev–Trinajstić information content (AvgIpc) is 2.82. The summed E-state index contributed by atoms with van der Waals surface area (Å²) in [5.74, 6) is 0. The van der Waals surface area contributed by atoms with Gasteiger partial charge in [0.1, 0.15) is 11.2 Å². The highest BCUT2D eigenvalue weighted by atomic mass is 32.1.